The minimum atomic E-state index is -4.07. The third-order valence-electron chi connectivity index (χ3n) is 3.53. The van der Waals surface area contributed by atoms with Gasteiger partial charge in [-0.1, -0.05) is 17.7 Å². The molecule has 0 amide bonds. The molecule has 0 saturated carbocycles. The van der Waals surface area contributed by atoms with Gasteiger partial charge in [0.05, 0.1) is 16.6 Å². The molecule has 10 heteroatoms. The number of carboxylic acids is 1. The molecule has 25 heavy (non-hydrogen) atoms. The van der Waals surface area contributed by atoms with Crippen molar-refractivity contribution in [2.45, 2.75) is 17.9 Å². The maximum Gasteiger partial charge on any atom is 0.335 e. The molecular formula is C15H13ClN4O4S. The topological polar surface area (TPSA) is 114 Å². The van der Waals surface area contributed by atoms with E-state index in [0.717, 1.165) is 6.07 Å². The van der Waals surface area contributed by atoms with Gasteiger partial charge in [-0.05, 0) is 37.3 Å². The molecule has 2 aromatic heterocycles. The van der Waals surface area contributed by atoms with Crippen LogP contribution in [-0.4, -0.2) is 34.1 Å². The van der Waals surface area contributed by atoms with Crippen molar-refractivity contribution in [3.63, 3.8) is 0 Å². The smallest absolute Gasteiger partial charge is 0.335 e. The number of fused-ring (bicyclic) bond motifs is 1. The van der Waals surface area contributed by atoms with Gasteiger partial charge in [0.15, 0.2) is 11.5 Å². The summed E-state index contributed by atoms with van der Waals surface area (Å²) in [5, 5.41) is 16.9. The van der Waals surface area contributed by atoms with Crippen LogP contribution in [0.15, 0.2) is 47.5 Å². The second-order valence-electron chi connectivity index (χ2n) is 5.28. The third-order valence-corrected chi connectivity index (χ3v) is 5.55. The zero-order valence-electron chi connectivity index (χ0n) is 12.9. The summed E-state index contributed by atoms with van der Waals surface area (Å²) in [5.41, 5.74) is 0.403. The number of benzene rings is 1. The zero-order chi connectivity index (χ0) is 18.2. The van der Waals surface area contributed by atoms with Crippen LogP contribution >= 0.6 is 11.6 Å². The Morgan fingerprint density at radius 1 is 1.28 bits per heavy atom. The van der Waals surface area contributed by atoms with Crippen LogP contribution in [0.4, 0.5) is 0 Å². The molecule has 130 valence electrons. The Labute approximate surface area is 148 Å². The number of halogens is 1. The fraction of sp³-hybridized carbons (Fsp3) is 0.133. The Hall–Kier alpha value is -2.49. The van der Waals surface area contributed by atoms with Crippen LogP contribution in [0.25, 0.3) is 5.65 Å². The van der Waals surface area contributed by atoms with E-state index in [1.807, 2.05) is 0 Å². The highest BCUT2D eigenvalue weighted by Gasteiger charge is 2.25. The van der Waals surface area contributed by atoms with Crippen LogP contribution in [0, 0.1) is 0 Å². The summed E-state index contributed by atoms with van der Waals surface area (Å²) in [6, 6.07) is 8.07. The van der Waals surface area contributed by atoms with E-state index < -0.39 is 22.0 Å². The van der Waals surface area contributed by atoms with Crippen molar-refractivity contribution in [3.05, 3.63) is 59.0 Å². The van der Waals surface area contributed by atoms with Crippen molar-refractivity contribution in [1.82, 2.24) is 19.3 Å². The van der Waals surface area contributed by atoms with Crippen molar-refractivity contribution < 1.29 is 18.3 Å². The number of aromatic nitrogens is 3. The summed E-state index contributed by atoms with van der Waals surface area (Å²) in [6.45, 7) is 1.61. The first-order valence-electron chi connectivity index (χ1n) is 7.14. The zero-order valence-corrected chi connectivity index (χ0v) is 14.5. The first-order valence-corrected chi connectivity index (χ1v) is 9.00. The lowest BCUT2D eigenvalue weighted by molar-refractivity contribution is 0.0696. The number of sulfonamides is 1. The number of aromatic carboxylic acids is 1. The minimum absolute atomic E-state index is 0.0733. The van der Waals surface area contributed by atoms with Crippen LogP contribution in [0.3, 0.4) is 0 Å². The molecule has 1 aromatic carbocycles. The van der Waals surface area contributed by atoms with E-state index >= 15 is 0 Å². The first kappa shape index (κ1) is 17.3. The molecule has 1 atom stereocenters. The molecule has 3 rings (SSSR count). The molecule has 2 heterocycles. The Morgan fingerprint density at radius 3 is 2.76 bits per heavy atom. The van der Waals surface area contributed by atoms with Gasteiger partial charge in [-0.15, -0.1) is 10.2 Å². The second kappa shape index (κ2) is 6.43. The molecule has 2 N–H and O–H groups in total. The summed E-state index contributed by atoms with van der Waals surface area (Å²) in [5.74, 6) is -0.852. The predicted molar refractivity (Wildman–Crippen MR) is 90.1 cm³/mol. The van der Waals surface area contributed by atoms with Crippen molar-refractivity contribution >= 4 is 33.2 Å². The number of hydrogen-bond donors (Lipinski definition) is 2. The molecule has 0 unspecified atom stereocenters. The molecule has 3 aromatic rings. The van der Waals surface area contributed by atoms with Crippen molar-refractivity contribution in [2.75, 3.05) is 0 Å². The van der Waals surface area contributed by atoms with E-state index in [0.29, 0.717) is 11.5 Å². The molecular weight excluding hydrogens is 368 g/mol. The van der Waals surface area contributed by atoms with Gasteiger partial charge in [0.25, 0.3) is 0 Å². The fourth-order valence-electron chi connectivity index (χ4n) is 2.35. The molecule has 0 aliphatic heterocycles. The van der Waals surface area contributed by atoms with Crippen molar-refractivity contribution in [1.29, 1.82) is 0 Å². The second-order valence-corrected chi connectivity index (χ2v) is 7.37. The summed E-state index contributed by atoms with van der Waals surface area (Å²) < 4.78 is 29.3. The highest BCUT2D eigenvalue weighted by molar-refractivity contribution is 7.89. The number of nitrogens with zero attached hydrogens (tertiary/aromatic N) is 3. The maximum absolute atomic E-state index is 12.6. The summed E-state index contributed by atoms with van der Waals surface area (Å²) in [4.78, 5) is 10.8. The van der Waals surface area contributed by atoms with E-state index in [4.69, 9.17) is 16.7 Å². The maximum atomic E-state index is 12.6. The lowest BCUT2D eigenvalue weighted by Gasteiger charge is -2.14. The number of pyridine rings is 1. The lowest BCUT2D eigenvalue weighted by Crippen LogP contribution is -2.28. The van der Waals surface area contributed by atoms with Crippen LogP contribution in [0.1, 0.15) is 29.1 Å². The van der Waals surface area contributed by atoms with Gasteiger partial charge >= 0.3 is 5.97 Å². The van der Waals surface area contributed by atoms with E-state index in [-0.39, 0.29) is 15.5 Å². The van der Waals surface area contributed by atoms with Gasteiger partial charge in [-0.2, -0.15) is 0 Å². The summed E-state index contributed by atoms with van der Waals surface area (Å²) in [6.07, 6.45) is 1.72. The number of rotatable bonds is 5. The van der Waals surface area contributed by atoms with Gasteiger partial charge in [-0.25, -0.2) is 17.9 Å². The van der Waals surface area contributed by atoms with Crippen molar-refractivity contribution in [3.8, 4) is 0 Å². The van der Waals surface area contributed by atoms with Gasteiger partial charge in [0.1, 0.15) is 4.90 Å². The predicted octanol–water partition coefficient (Wildman–Crippen LogP) is 2.12. The Bertz CT molecular complexity index is 1060. The highest BCUT2D eigenvalue weighted by Crippen LogP contribution is 2.24. The van der Waals surface area contributed by atoms with Crippen LogP contribution in [-0.2, 0) is 10.0 Å². The van der Waals surface area contributed by atoms with E-state index in [9.17, 15) is 13.2 Å². The average molecular weight is 381 g/mol. The normalized spacial score (nSPS) is 13.0. The van der Waals surface area contributed by atoms with Gasteiger partial charge in [0, 0.05) is 6.20 Å². The van der Waals surface area contributed by atoms with E-state index in [1.165, 1.54) is 12.1 Å². The molecule has 0 aliphatic rings. The third kappa shape index (κ3) is 3.34. The standard InChI is InChI=1S/C15H13ClN4O4S/c1-9(14-18-17-13-4-2-3-7-20(13)14)19-25(23,24)12-8-10(15(21)22)5-6-11(12)16/h2-9,19H,1H3,(H,21,22)/t9-/m0/s1. The summed E-state index contributed by atoms with van der Waals surface area (Å²) >= 11 is 5.94. The monoisotopic (exact) mass is 380 g/mol. The first-order chi connectivity index (χ1) is 11.8. The van der Waals surface area contributed by atoms with Gasteiger partial charge in [-0.3, -0.25) is 4.40 Å². The largest absolute Gasteiger partial charge is 0.478 e. The van der Waals surface area contributed by atoms with E-state index in [2.05, 4.69) is 14.9 Å². The van der Waals surface area contributed by atoms with Crippen LogP contribution < -0.4 is 4.72 Å². The number of nitrogens with one attached hydrogen (secondary N) is 1. The average Bonchev–Trinajstić information content (AvgIpc) is 2.98. The Morgan fingerprint density at radius 2 is 2.04 bits per heavy atom. The molecule has 0 spiro atoms. The Kier molecular flexibility index (Phi) is 4.46. The molecule has 0 aliphatic carbocycles. The van der Waals surface area contributed by atoms with Crippen LogP contribution in [0.2, 0.25) is 5.02 Å². The highest BCUT2D eigenvalue weighted by atomic mass is 35.5. The Balaban J connectivity index is 1.96. The molecule has 0 radical (unpaired) electrons. The van der Waals surface area contributed by atoms with Gasteiger partial charge in [0.2, 0.25) is 10.0 Å². The molecule has 8 nitrogen and oxygen atoms in total. The SMILES string of the molecule is C[C@H](NS(=O)(=O)c1cc(C(=O)O)ccc1Cl)c1nnc2ccccn12. The molecule has 0 fully saturated rings. The fourth-order valence-corrected chi connectivity index (χ4v) is 4.07. The molecule has 0 saturated heterocycles. The quantitative estimate of drug-likeness (QED) is 0.700. The minimum Gasteiger partial charge on any atom is -0.478 e. The number of carbonyl (C=O) groups is 1. The van der Waals surface area contributed by atoms with Crippen LogP contribution in [0.5, 0.6) is 0 Å². The van der Waals surface area contributed by atoms with Crippen molar-refractivity contribution in [2.24, 2.45) is 0 Å². The lowest BCUT2D eigenvalue weighted by atomic mass is 10.2. The number of hydrogen-bond acceptors (Lipinski definition) is 5. The number of carboxylic acid groups (broad SMARTS) is 1. The molecule has 0 bridgehead atoms. The van der Waals surface area contributed by atoms with E-state index in [1.54, 1.807) is 35.7 Å². The summed E-state index contributed by atoms with van der Waals surface area (Å²) in [7, 11) is -4.07. The van der Waals surface area contributed by atoms with Gasteiger partial charge < -0.3 is 5.11 Å².